The van der Waals surface area contributed by atoms with E-state index in [-0.39, 0.29) is 29.6 Å². The summed E-state index contributed by atoms with van der Waals surface area (Å²) in [5.41, 5.74) is 6.33. The molecule has 1 fully saturated rings. The minimum atomic E-state index is -0.587. The van der Waals surface area contributed by atoms with Crippen LogP contribution in [0.25, 0.3) is 0 Å². The van der Waals surface area contributed by atoms with E-state index in [1.54, 1.807) is 40.8 Å². The van der Waals surface area contributed by atoms with Gasteiger partial charge in [-0.15, -0.1) is 0 Å². The first-order valence-corrected chi connectivity index (χ1v) is 17.5. The summed E-state index contributed by atoms with van der Waals surface area (Å²) in [7, 11) is 8.40. The van der Waals surface area contributed by atoms with Crippen molar-refractivity contribution in [1.29, 1.82) is 5.26 Å². The quantitative estimate of drug-likeness (QED) is 0.229. The summed E-state index contributed by atoms with van der Waals surface area (Å²) in [4.78, 5) is 16.1. The van der Waals surface area contributed by atoms with Gasteiger partial charge in [0.05, 0.1) is 58.0 Å². The van der Waals surface area contributed by atoms with Gasteiger partial charge in [-0.2, -0.15) is 5.26 Å². The Bertz CT molecular complexity index is 1960. The summed E-state index contributed by atoms with van der Waals surface area (Å²) < 4.78 is 23.7. The zero-order chi connectivity index (χ0) is 36.8. The van der Waals surface area contributed by atoms with Crippen LogP contribution in [0.2, 0.25) is 0 Å². The van der Waals surface area contributed by atoms with Crippen molar-refractivity contribution in [3.63, 3.8) is 0 Å². The molecule has 0 unspecified atom stereocenters. The van der Waals surface area contributed by atoms with Crippen LogP contribution in [0.15, 0.2) is 48.8 Å². The van der Waals surface area contributed by atoms with Gasteiger partial charge in [-0.3, -0.25) is 24.7 Å². The average molecular weight is 707 g/mol. The minimum Gasteiger partial charge on any atom is -0.504 e. The number of phenols is 2. The molecular weight excluding hydrogens is 660 g/mol. The van der Waals surface area contributed by atoms with E-state index in [1.807, 2.05) is 57.3 Å². The Morgan fingerprint density at radius 3 is 1.75 bits per heavy atom. The molecule has 0 saturated carbocycles. The van der Waals surface area contributed by atoms with E-state index >= 15 is 0 Å². The molecule has 1 saturated heterocycles. The molecule has 0 aliphatic carbocycles. The smallest absolute Gasteiger partial charge is 0.167 e. The van der Waals surface area contributed by atoms with E-state index in [0.717, 1.165) is 33.6 Å². The van der Waals surface area contributed by atoms with E-state index in [0.29, 0.717) is 66.6 Å². The van der Waals surface area contributed by atoms with Gasteiger partial charge in [0.1, 0.15) is 17.5 Å². The third-order valence-corrected chi connectivity index (χ3v) is 11.3. The highest BCUT2D eigenvalue weighted by Crippen LogP contribution is 2.59. The Kier molecular flexibility index (Phi) is 9.61. The number of rotatable bonds is 10. The molecule has 5 atom stereocenters. The minimum absolute atomic E-state index is 0.0397. The predicted molar refractivity (Wildman–Crippen MR) is 194 cm³/mol. The number of hydrogen-bond acceptors (Lipinski definition) is 12. The number of likely N-dealkylation sites (N-methyl/N-ethyl adjacent to an activating group) is 1. The number of piperazine rings is 1. The second kappa shape index (κ2) is 14.1. The van der Waals surface area contributed by atoms with E-state index < -0.39 is 12.1 Å². The molecule has 2 bridgehead atoms. The van der Waals surface area contributed by atoms with Crippen LogP contribution < -0.4 is 18.9 Å². The fraction of sp³-hybridized carbons (Fsp3) is 0.425. The van der Waals surface area contributed by atoms with E-state index in [1.165, 1.54) is 0 Å². The number of ether oxygens (including phenoxy) is 4. The first-order valence-electron chi connectivity index (χ1n) is 17.5. The highest BCUT2D eigenvalue weighted by molar-refractivity contribution is 5.67. The SMILES string of the molecule is COc1c(C)c(OC)c2c(c1O)[C@H]1[C@@H]3Cc4c(OC)c(C)c(OC)c(O)c4[C@H](CN(Cc4ccccn4)Cc4ccccn4)N3[C@@H](C#N)[C@@H](C2)N1C. The molecule has 2 aromatic carbocycles. The molecule has 2 aromatic heterocycles. The highest BCUT2D eigenvalue weighted by atomic mass is 16.5. The van der Waals surface area contributed by atoms with E-state index in [9.17, 15) is 15.5 Å². The summed E-state index contributed by atoms with van der Waals surface area (Å²) >= 11 is 0. The molecule has 3 aliphatic heterocycles. The molecule has 4 aromatic rings. The first kappa shape index (κ1) is 35.3. The largest absolute Gasteiger partial charge is 0.504 e. The van der Waals surface area contributed by atoms with Crippen LogP contribution >= 0.6 is 0 Å². The number of nitriles is 1. The third kappa shape index (κ3) is 5.55. The van der Waals surface area contributed by atoms with Gasteiger partial charge in [0.25, 0.3) is 0 Å². The highest BCUT2D eigenvalue weighted by Gasteiger charge is 2.57. The molecule has 7 rings (SSSR count). The van der Waals surface area contributed by atoms with Gasteiger partial charge >= 0.3 is 0 Å². The van der Waals surface area contributed by atoms with E-state index in [4.69, 9.17) is 18.9 Å². The monoisotopic (exact) mass is 706 g/mol. The van der Waals surface area contributed by atoms with Crippen LogP contribution in [0, 0.1) is 25.2 Å². The Balaban J connectivity index is 1.46. The van der Waals surface area contributed by atoms with Crippen molar-refractivity contribution in [3.8, 4) is 40.6 Å². The van der Waals surface area contributed by atoms with Crippen LogP contribution in [-0.4, -0.2) is 95.0 Å². The van der Waals surface area contributed by atoms with Crippen molar-refractivity contribution in [2.75, 3.05) is 42.0 Å². The number of methoxy groups -OCH3 is 4. The maximum absolute atomic E-state index is 12.2. The van der Waals surface area contributed by atoms with Gasteiger partial charge in [0.15, 0.2) is 23.0 Å². The van der Waals surface area contributed by atoms with Crippen molar-refractivity contribution < 1.29 is 29.2 Å². The number of benzene rings is 2. The number of nitrogens with zero attached hydrogens (tertiary/aromatic N) is 6. The second-order valence-corrected chi connectivity index (χ2v) is 13.9. The molecule has 0 amide bonds. The Morgan fingerprint density at radius 2 is 1.27 bits per heavy atom. The summed E-state index contributed by atoms with van der Waals surface area (Å²) in [6.45, 7) is 5.19. The summed E-state index contributed by atoms with van der Waals surface area (Å²) in [6.07, 6.45) is 4.48. The lowest BCUT2D eigenvalue weighted by Gasteiger charge is -2.60. The van der Waals surface area contributed by atoms with Crippen LogP contribution in [0.5, 0.6) is 34.5 Å². The summed E-state index contributed by atoms with van der Waals surface area (Å²) in [6, 6.07) is 12.4. The van der Waals surface area contributed by atoms with Gasteiger partial charge in [0.2, 0.25) is 0 Å². The van der Waals surface area contributed by atoms with Crippen molar-refractivity contribution in [3.05, 3.63) is 93.6 Å². The van der Waals surface area contributed by atoms with Crippen LogP contribution in [0.4, 0.5) is 0 Å². The Labute approximate surface area is 304 Å². The lowest BCUT2D eigenvalue weighted by atomic mass is 9.71. The number of aromatic hydroxyl groups is 2. The summed E-state index contributed by atoms with van der Waals surface area (Å²) in [5.74, 6) is 2.13. The van der Waals surface area contributed by atoms with Gasteiger partial charge in [-0.1, -0.05) is 12.1 Å². The van der Waals surface area contributed by atoms with Crippen LogP contribution in [0.1, 0.15) is 56.9 Å². The number of aromatic nitrogens is 2. The molecular formula is C40H46N6O6. The van der Waals surface area contributed by atoms with Crippen molar-refractivity contribution in [1.82, 2.24) is 24.7 Å². The lowest BCUT2D eigenvalue weighted by molar-refractivity contribution is -0.0798. The van der Waals surface area contributed by atoms with Crippen LogP contribution in [-0.2, 0) is 25.9 Å². The van der Waals surface area contributed by atoms with E-state index in [2.05, 4.69) is 30.7 Å². The molecule has 5 heterocycles. The zero-order valence-electron chi connectivity index (χ0n) is 30.8. The third-order valence-electron chi connectivity index (χ3n) is 11.3. The van der Waals surface area contributed by atoms with Crippen LogP contribution in [0.3, 0.4) is 0 Å². The predicted octanol–water partition coefficient (Wildman–Crippen LogP) is 5.01. The first-order chi connectivity index (χ1) is 25.2. The van der Waals surface area contributed by atoms with Gasteiger partial charge < -0.3 is 29.2 Å². The molecule has 12 heteroatoms. The van der Waals surface area contributed by atoms with Crippen molar-refractivity contribution in [2.24, 2.45) is 0 Å². The lowest BCUT2D eigenvalue weighted by Crippen LogP contribution is -2.68. The topological polar surface area (TPSA) is 137 Å². The molecule has 2 N–H and O–H groups in total. The maximum Gasteiger partial charge on any atom is 0.167 e. The second-order valence-electron chi connectivity index (χ2n) is 13.9. The fourth-order valence-electron chi connectivity index (χ4n) is 9.26. The number of phenolic OH excluding ortho intramolecular Hbond substituents is 2. The standard InChI is InChI=1S/C40H46N6O6/c1-22-37(49-4)26-17-29-34-33-27(38(50-5)23(2)40(52-7)36(33)48)16-28(44(34)3)30(18-41)46(29)31(32(26)35(47)39(22)51-6)21-45(19-24-12-8-10-14-42-24)20-25-13-9-11-15-43-25/h8-15,28-31,34,47-48H,16-17,19-21H2,1-7H3/t28-,29+,30+,31+,34-/m1/s1. The normalized spacial score (nSPS) is 22.2. The Hall–Kier alpha value is -5.09. The average Bonchev–Trinajstić information content (AvgIpc) is 3.14. The molecule has 0 radical (unpaired) electrons. The number of fused-ring (bicyclic) bond motifs is 7. The maximum atomic E-state index is 12.2. The van der Waals surface area contributed by atoms with Crippen molar-refractivity contribution in [2.45, 2.75) is 70.0 Å². The Morgan fingerprint density at radius 1 is 0.769 bits per heavy atom. The number of pyridine rings is 2. The molecule has 0 spiro atoms. The van der Waals surface area contributed by atoms with Crippen molar-refractivity contribution >= 4 is 0 Å². The molecule has 12 nitrogen and oxygen atoms in total. The number of hydrogen-bond donors (Lipinski definition) is 2. The zero-order valence-corrected chi connectivity index (χ0v) is 30.8. The summed E-state index contributed by atoms with van der Waals surface area (Å²) in [5, 5.41) is 35.3. The van der Waals surface area contributed by atoms with Gasteiger partial charge in [-0.25, -0.2) is 0 Å². The van der Waals surface area contributed by atoms with Gasteiger partial charge in [0, 0.05) is 77.5 Å². The fourth-order valence-corrected chi connectivity index (χ4v) is 9.26. The van der Waals surface area contributed by atoms with Gasteiger partial charge in [-0.05, 0) is 58.0 Å². The molecule has 3 aliphatic rings. The molecule has 272 valence electrons. The molecule has 52 heavy (non-hydrogen) atoms.